The fourth-order valence-electron chi connectivity index (χ4n) is 3.82. The summed E-state index contributed by atoms with van der Waals surface area (Å²) in [5.41, 5.74) is 5.03. The van der Waals surface area contributed by atoms with Gasteiger partial charge in [0.05, 0.1) is 11.4 Å². The zero-order chi connectivity index (χ0) is 22.5. The summed E-state index contributed by atoms with van der Waals surface area (Å²) < 4.78 is 7.36. The maximum absolute atomic E-state index is 13.6. The third-order valence-corrected chi connectivity index (χ3v) is 5.39. The maximum Gasteiger partial charge on any atom is 0.420 e. The van der Waals surface area contributed by atoms with Crippen molar-refractivity contribution in [3.63, 3.8) is 0 Å². The molecule has 4 heteroatoms. The summed E-state index contributed by atoms with van der Waals surface area (Å²) >= 11 is 0. The molecule has 160 valence electrons. The van der Waals surface area contributed by atoms with Crippen LogP contribution >= 0.6 is 0 Å². The number of ether oxygens (including phenoxy) is 1. The van der Waals surface area contributed by atoms with Crippen LogP contribution in [0.2, 0.25) is 0 Å². The standard InChI is InChI=1S/C29H22N2O2/c32-29(33-21-22-13-5-1-6-14-22)31-27(24-17-9-3-10-18-24)26(23-15-7-2-8-16-23)30-28(31)25-19-11-4-12-20-25/h1-20H,21H2. The normalized spacial score (nSPS) is 10.7. The Kier molecular flexibility index (Phi) is 5.81. The van der Waals surface area contributed by atoms with Gasteiger partial charge in [0.1, 0.15) is 6.61 Å². The number of rotatable bonds is 5. The molecule has 5 rings (SSSR count). The zero-order valence-corrected chi connectivity index (χ0v) is 18.0. The number of nitrogens with zero attached hydrogens (tertiary/aromatic N) is 2. The molecule has 0 aliphatic heterocycles. The van der Waals surface area contributed by atoms with Gasteiger partial charge in [0.15, 0.2) is 5.82 Å². The molecule has 0 saturated carbocycles. The molecule has 0 atom stereocenters. The van der Waals surface area contributed by atoms with Gasteiger partial charge in [-0.1, -0.05) is 121 Å². The molecule has 1 heterocycles. The van der Waals surface area contributed by atoms with E-state index in [0.717, 1.165) is 27.9 Å². The van der Waals surface area contributed by atoms with Crippen molar-refractivity contribution in [3.8, 4) is 33.9 Å². The number of benzene rings is 4. The Morgan fingerprint density at radius 2 is 1.12 bits per heavy atom. The van der Waals surface area contributed by atoms with Gasteiger partial charge < -0.3 is 4.74 Å². The number of carbonyl (C=O) groups excluding carboxylic acids is 1. The van der Waals surface area contributed by atoms with Gasteiger partial charge >= 0.3 is 6.09 Å². The van der Waals surface area contributed by atoms with Gasteiger partial charge in [0.25, 0.3) is 0 Å². The van der Waals surface area contributed by atoms with Gasteiger partial charge in [-0.15, -0.1) is 0 Å². The molecular weight excluding hydrogens is 408 g/mol. The Bertz CT molecular complexity index is 1350. The van der Waals surface area contributed by atoms with Crippen LogP contribution in [0.25, 0.3) is 33.9 Å². The molecular formula is C29H22N2O2. The van der Waals surface area contributed by atoms with Crippen molar-refractivity contribution in [1.29, 1.82) is 0 Å². The van der Waals surface area contributed by atoms with E-state index in [-0.39, 0.29) is 6.61 Å². The molecule has 0 N–H and O–H groups in total. The summed E-state index contributed by atoms with van der Waals surface area (Å²) in [6.45, 7) is 0.182. The van der Waals surface area contributed by atoms with E-state index in [4.69, 9.17) is 9.72 Å². The van der Waals surface area contributed by atoms with E-state index in [1.165, 1.54) is 0 Å². The fourth-order valence-corrected chi connectivity index (χ4v) is 3.82. The average Bonchev–Trinajstić information content (AvgIpc) is 3.30. The molecule has 33 heavy (non-hydrogen) atoms. The second-order valence-electron chi connectivity index (χ2n) is 7.61. The van der Waals surface area contributed by atoms with E-state index < -0.39 is 6.09 Å². The molecule has 0 aliphatic carbocycles. The minimum absolute atomic E-state index is 0.182. The Morgan fingerprint density at radius 1 is 0.636 bits per heavy atom. The van der Waals surface area contributed by atoms with Gasteiger partial charge in [-0.05, 0) is 5.56 Å². The lowest BCUT2D eigenvalue weighted by molar-refractivity contribution is 0.142. The molecule has 1 aromatic heterocycles. The SMILES string of the molecule is O=C(OCc1ccccc1)n1c(-c2ccccc2)nc(-c2ccccc2)c1-c1ccccc1. The van der Waals surface area contributed by atoms with Crippen LogP contribution < -0.4 is 0 Å². The molecule has 0 spiro atoms. The minimum atomic E-state index is -0.466. The van der Waals surface area contributed by atoms with Crippen LogP contribution in [0.15, 0.2) is 121 Å². The smallest absolute Gasteiger partial charge is 0.420 e. The zero-order valence-electron chi connectivity index (χ0n) is 18.0. The third-order valence-electron chi connectivity index (χ3n) is 5.39. The van der Waals surface area contributed by atoms with Crippen LogP contribution in [0.1, 0.15) is 5.56 Å². The highest BCUT2D eigenvalue weighted by molar-refractivity contribution is 5.91. The van der Waals surface area contributed by atoms with Crippen LogP contribution in [-0.4, -0.2) is 15.6 Å². The molecule has 0 radical (unpaired) electrons. The molecule has 0 amide bonds. The fraction of sp³-hybridized carbons (Fsp3) is 0.0345. The van der Waals surface area contributed by atoms with Crippen LogP contribution in [0.3, 0.4) is 0 Å². The predicted octanol–water partition coefficient (Wildman–Crippen LogP) is 7.07. The first-order chi connectivity index (χ1) is 16.3. The highest BCUT2D eigenvalue weighted by atomic mass is 16.5. The first-order valence-electron chi connectivity index (χ1n) is 10.8. The van der Waals surface area contributed by atoms with Crippen LogP contribution in [0, 0.1) is 0 Å². The first-order valence-corrected chi connectivity index (χ1v) is 10.8. The van der Waals surface area contributed by atoms with Crippen molar-refractivity contribution in [3.05, 3.63) is 127 Å². The van der Waals surface area contributed by atoms with Gasteiger partial charge in [0.2, 0.25) is 0 Å². The van der Waals surface area contributed by atoms with Gasteiger partial charge in [-0.25, -0.2) is 14.3 Å². The van der Waals surface area contributed by atoms with Gasteiger partial charge in [0, 0.05) is 16.7 Å². The molecule has 0 unspecified atom stereocenters. The van der Waals surface area contributed by atoms with Crippen LogP contribution in [-0.2, 0) is 11.3 Å². The summed E-state index contributed by atoms with van der Waals surface area (Å²) in [6, 6.07) is 39.2. The average molecular weight is 431 g/mol. The lowest BCUT2D eigenvalue weighted by atomic mass is 10.0. The largest absolute Gasteiger partial charge is 0.444 e. The Balaban J connectivity index is 1.69. The lowest BCUT2D eigenvalue weighted by Gasteiger charge is -2.13. The summed E-state index contributed by atoms with van der Waals surface area (Å²) in [5.74, 6) is 0.548. The molecule has 0 bridgehead atoms. The molecule has 5 aromatic rings. The molecule has 0 saturated heterocycles. The van der Waals surface area contributed by atoms with Gasteiger partial charge in [-0.3, -0.25) is 0 Å². The van der Waals surface area contributed by atoms with E-state index in [0.29, 0.717) is 11.5 Å². The van der Waals surface area contributed by atoms with E-state index in [2.05, 4.69) is 0 Å². The van der Waals surface area contributed by atoms with E-state index in [9.17, 15) is 4.79 Å². The number of imidazole rings is 1. The summed E-state index contributed by atoms with van der Waals surface area (Å²) in [5, 5.41) is 0. The van der Waals surface area contributed by atoms with Crippen molar-refractivity contribution < 1.29 is 9.53 Å². The van der Waals surface area contributed by atoms with Crippen molar-refractivity contribution in [1.82, 2.24) is 9.55 Å². The molecule has 4 nitrogen and oxygen atoms in total. The molecule has 4 aromatic carbocycles. The van der Waals surface area contributed by atoms with Crippen molar-refractivity contribution in [2.24, 2.45) is 0 Å². The third kappa shape index (κ3) is 4.32. The Morgan fingerprint density at radius 3 is 1.70 bits per heavy atom. The Labute approximate surface area is 192 Å². The molecule has 0 fully saturated rings. The number of hydrogen-bond acceptors (Lipinski definition) is 3. The summed E-state index contributed by atoms with van der Waals surface area (Å²) in [4.78, 5) is 18.5. The number of aromatic nitrogens is 2. The van der Waals surface area contributed by atoms with E-state index >= 15 is 0 Å². The van der Waals surface area contributed by atoms with E-state index in [1.54, 1.807) is 4.57 Å². The quantitative estimate of drug-likeness (QED) is 0.299. The highest BCUT2D eigenvalue weighted by Gasteiger charge is 2.26. The number of carbonyl (C=O) groups is 1. The van der Waals surface area contributed by atoms with Crippen molar-refractivity contribution in [2.45, 2.75) is 6.61 Å². The van der Waals surface area contributed by atoms with E-state index in [1.807, 2.05) is 121 Å². The van der Waals surface area contributed by atoms with Crippen LogP contribution in [0.5, 0.6) is 0 Å². The second kappa shape index (κ2) is 9.37. The maximum atomic E-state index is 13.6. The first kappa shape index (κ1) is 20.5. The highest BCUT2D eigenvalue weighted by Crippen LogP contribution is 2.36. The van der Waals surface area contributed by atoms with Crippen molar-refractivity contribution >= 4 is 6.09 Å². The minimum Gasteiger partial charge on any atom is -0.444 e. The predicted molar refractivity (Wildman–Crippen MR) is 131 cm³/mol. The second-order valence-corrected chi connectivity index (χ2v) is 7.61. The molecule has 0 aliphatic rings. The summed E-state index contributed by atoms with van der Waals surface area (Å²) in [6.07, 6.45) is -0.466. The Hall–Kier alpha value is -4.44. The lowest BCUT2D eigenvalue weighted by Crippen LogP contribution is -2.16. The monoisotopic (exact) mass is 430 g/mol. The summed E-state index contributed by atoms with van der Waals surface area (Å²) in [7, 11) is 0. The van der Waals surface area contributed by atoms with Crippen molar-refractivity contribution in [2.75, 3.05) is 0 Å². The van der Waals surface area contributed by atoms with Gasteiger partial charge in [-0.2, -0.15) is 0 Å². The number of hydrogen-bond donors (Lipinski definition) is 0. The topological polar surface area (TPSA) is 44.1 Å². The van der Waals surface area contributed by atoms with Crippen LogP contribution in [0.4, 0.5) is 4.79 Å².